The molecule has 0 saturated carbocycles. The molecule has 1 saturated heterocycles. The molecule has 37 heavy (non-hydrogen) atoms. The first kappa shape index (κ1) is 25.7. The minimum absolute atomic E-state index is 0.218. The van der Waals surface area contributed by atoms with Gasteiger partial charge in [-0.05, 0) is 79.6 Å². The summed E-state index contributed by atoms with van der Waals surface area (Å²) in [6.07, 6.45) is 0.245. The second kappa shape index (κ2) is 11.6. The fraction of sp³-hybridized carbons (Fsp3) is 0.250. The van der Waals surface area contributed by atoms with E-state index in [0.29, 0.717) is 30.2 Å². The Labute approximate surface area is 214 Å². The molecule has 0 unspecified atom stereocenters. The Kier molecular flexibility index (Phi) is 8.02. The Balaban J connectivity index is 1.51. The molecule has 0 bridgehead atoms. The maximum atomic E-state index is 13.5. The van der Waals surface area contributed by atoms with Crippen LogP contribution >= 0.6 is 0 Å². The van der Waals surface area contributed by atoms with Crippen LogP contribution in [0.25, 0.3) is 0 Å². The highest BCUT2D eigenvalue weighted by molar-refractivity contribution is 6.22. The van der Waals surface area contributed by atoms with E-state index in [2.05, 4.69) is 5.32 Å². The van der Waals surface area contributed by atoms with Crippen molar-refractivity contribution in [3.8, 4) is 11.5 Å². The summed E-state index contributed by atoms with van der Waals surface area (Å²) in [5.41, 5.74) is 1.74. The van der Waals surface area contributed by atoms with E-state index in [1.807, 2.05) is 31.2 Å². The molecule has 9 heteroatoms. The number of carbonyl (C=O) groups excluding carboxylic acids is 3. The van der Waals surface area contributed by atoms with Gasteiger partial charge in [-0.15, -0.1) is 0 Å². The van der Waals surface area contributed by atoms with Gasteiger partial charge in [0.1, 0.15) is 23.4 Å². The lowest BCUT2D eigenvalue weighted by molar-refractivity contribution is -0.124. The van der Waals surface area contributed by atoms with E-state index in [1.165, 1.54) is 29.2 Å². The number of rotatable bonds is 10. The van der Waals surface area contributed by atoms with Crippen molar-refractivity contribution in [2.75, 3.05) is 30.5 Å². The zero-order chi connectivity index (χ0) is 26.4. The smallest absolute Gasteiger partial charge is 0.332 e. The maximum Gasteiger partial charge on any atom is 0.332 e. The molecule has 0 spiro atoms. The first-order valence-corrected chi connectivity index (χ1v) is 12.0. The number of halogens is 1. The summed E-state index contributed by atoms with van der Waals surface area (Å²) >= 11 is 0. The first-order valence-electron chi connectivity index (χ1n) is 12.0. The molecule has 1 N–H and O–H groups in total. The highest BCUT2D eigenvalue weighted by Crippen LogP contribution is 2.28. The number of amides is 4. The fourth-order valence-electron chi connectivity index (χ4n) is 4.15. The van der Waals surface area contributed by atoms with Gasteiger partial charge in [0.05, 0.1) is 25.8 Å². The third-order valence-electron chi connectivity index (χ3n) is 6.03. The lowest BCUT2D eigenvalue weighted by Crippen LogP contribution is -2.39. The van der Waals surface area contributed by atoms with E-state index in [-0.39, 0.29) is 18.7 Å². The molecule has 1 heterocycles. The number of hydrogen-bond donors (Lipinski definition) is 1. The Bertz CT molecular complexity index is 1250. The maximum absolute atomic E-state index is 13.5. The number of anilines is 2. The molecule has 1 fully saturated rings. The van der Waals surface area contributed by atoms with Crippen LogP contribution in [0.15, 0.2) is 72.8 Å². The van der Waals surface area contributed by atoms with Gasteiger partial charge in [0.25, 0.3) is 5.91 Å². The van der Waals surface area contributed by atoms with Crippen molar-refractivity contribution in [1.29, 1.82) is 0 Å². The van der Waals surface area contributed by atoms with E-state index < -0.39 is 29.7 Å². The van der Waals surface area contributed by atoms with Crippen molar-refractivity contribution >= 4 is 29.2 Å². The van der Waals surface area contributed by atoms with Crippen molar-refractivity contribution in [1.82, 2.24) is 4.90 Å². The van der Waals surface area contributed by atoms with Crippen LogP contribution in [0.3, 0.4) is 0 Å². The minimum atomic E-state index is -1.00. The van der Waals surface area contributed by atoms with Gasteiger partial charge in [-0.2, -0.15) is 0 Å². The van der Waals surface area contributed by atoms with Crippen LogP contribution in [0.2, 0.25) is 0 Å². The number of urea groups is 1. The van der Waals surface area contributed by atoms with E-state index in [9.17, 15) is 18.8 Å². The number of carbonyl (C=O) groups is 3. The average Bonchev–Trinajstić information content (AvgIpc) is 3.13. The standard InChI is InChI=1S/C28H28FN3O5/c1-3-37-24-14-8-21(9-15-24)30-26(33)18-25-27(34)32(22-10-6-20(29)7-11-22)28(35)31(25)17-16-19-4-12-23(36-2)13-5-19/h4-15,25H,3,16-18H2,1-2H3,(H,30,33)/t25-/m0/s1. The van der Waals surface area contributed by atoms with Gasteiger partial charge in [-0.3, -0.25) is 9.59 Å². The second-order valence-corrected chi connectivity index (χ2v) is 8.45. The molecule has 3 aromatic rings. The molecule has 4 amide bonds. The first-order chi connectivity index (χ1) is 17.9. The molecule has 0 aliphatic carbocycles. The molecule has 1 aliphatic heterocycles. The molecule has 4 rings (SSSR count). The summed E-state index contributed by atoms with van der Waals surface area (Å²) in [5, 5.41) is 2.78. The zero-order valence-electron chi connectivity index (χ0n) is 20.6. The molecule has 8 nitrogen and oxygen atoms in total. The predicted octanol–water partition coefficient (Wildman–Crippen LogP) is 4.64. The van der Waals surface area contributed by atoms with Crippen molar-refractivity contribution < 1.29 is 28.2 Å². The summed E-state index contributed by atoms with van der Waals surface area (Å²) in [5.74, 6) is -0.0383. The van der Waals surface area contributed by atoms with Crippen LogP contribution in [0, 0.1) is 5.82 Å². The summed E-state index contributed by atoms with van der Waals surface area (Å²) in [6.45, 7) is 2.63. The predicted molar refractivity (Wildman–Crippen MR) is 137 cm³/mol. The van der Waals surface area contributed by atoms with Crippen LogP contribution in [0.1, 0.15) is 18.9 Å². The van der Waals surface area contributed by atoms with Crippen molar-refractivity contribution in [3.63, 3.8) is 0 Å². The SMILES string of the molecule is CCOc1ccc(NC(=O)C[C@H]2C(=O)N(c3ccc(F)cc3)C(=O)N2CCc2ccc(OC)cc2)cc1. The van der Waals surface area contributed by atoms with Gasteiger partial charge < -0.3 is 19.7 Å². The average molecular weight is 506 g/mol. The molecule has 1 atom stereocenters. The van der Waals surface area contributed by atoms with Crippen LogP contribution in [-0.2, 0) is 16.0 Å². The number of methoxy groups -OCH3 is 1. The van der Waals surface area contributed by atoms with Gasteiger partial charge in [0.2, 0.25) is 5.91 Å². The number of nitrogens with zero attached hydrogens (tertiary/aromatic N) is 2. The normalized spacial score (nSPS) is 15.2. The Morgan fingerprint density at radius 3 is 2.22 bits per heavy atom. The van der Waals surface area contributed by atoms with Gasteiger partial charge in [-0.25, -0.2) is 14.1 Å². The van der Waals surface area contributed by atoms with Crippen LogP contribution < -0.4 is 19.7 Å². The van der Waals surface area contributed by atoms with Gasteiger partial charge in [0, 0.05) is 12.2 Å². The van der Waals surface area contributed by atoms with Crippen LogP contribution in [0.4, 0.5) is 20.6 Å². The Hall–Kier alpha value is -4.40. The van der Waals surface area contributed by atoms with Crippen molar-refractivity contribution in [2.24, 2.45) is 0 Å². The second-order valence-electron chi connectivity index (χ2n) is 8.45. The zero-order valence-corrected chi connectivity index (χ0v) is 20.6. The minimum Gasteiger partial charge on any atom is -0.497 e. The number of hydrogen-bond acceptors (Lipinski definition) is 5. The third-order valence-corrected chi connectivity index (χ3v) is 6.03. The molecule has 0 aromatic heterocycles. The molecular formula is C28H28FN3O5. The quantitative estimate of drug-likeness (QED) is 0.406. The number of ether oxygens (including phenoxy) is 2. The summed E-state index contributed by atoms with van der Waals surface area (Å²) in [4.78, 5) is 42.0. The topological polar surface area (TPSA) is 88.2 Å². The van der Waals surface area contributed by atoms with E-state index in [1.54, 1.807) is 31.4 Å². The highest BCUT2D eigenvalue weighted by Gasteiger charge is 2.46. The summed E-state index contributed by atoms with van der Waals surface area (Å²) in [6, 6.07) is 17.8. The Morgan fingerprint density at radius 2 is 1.59 bits per heavy atom. The Morgan fingerprint density at radius 1 is 0.946 bits per heavy atom. The van der Waals surface area contributed by atoms with E-state index in [0.717, 1.165) is 10.5 Å². The third kappa shape index (κ3) is 6.06. The van der Waals surface area contributed by atoms with Crippen LogP contribution in [0.5, 0.6) is 11.5 Å². The lowest BCUT2D eigenvalue weighted by atomic mass is 10.1. The van der Waals surface area contributed by atoms with Gasteiger partial charge in [0.15, 0.2) is 0 Å². The molecule has 3 aromatic carbocycles. The number of imide groups is 1. The van der Waals surface area contributed by atoms with Crippen molar-refractivity contribution in [2.45, 2.75) is 25.8 Å². The van der Waals surface area contributed by atoms with E-state index >= 15 is 0 Å². The fourth-order valence-corrected chi connectivity index (χ4v) is 4.15. The molecule has 192 valence electrons. The largest absolute Gasteiger partial charge is 0.497 e. The van der Waals surface area contributed by atoms with Gasteiger partial charge in [-0.1, -0.05) is 12.1 Å². The van der Waals surface area contributed by atoms with Crippen molar-refractivity contribution in [3.05, 3.63) is 84.2 Å². The molecule has 0 radical (unpaired) electrons. The monoisotopic (exact) mass is 505 g/mol. The van der Waals surface area contributed by atoms with Crippen LogP contribution in [-0.4, -0.2) is 49.0 Å². The molecule has 1 aliphatic rings. The number of benzene rings is 3. The summed E-state index contributed by atoms with van der Waals surface area (Å²) in [7, 11) is 1.58. The highest BCUT2D eigenvalue weighted by atomic mass is 19.1. The molecular weight excluding hydrogens is 477 g/mol. The lowest BCUT2D eigenvalue weighted by Gasteiger charge is -2.21. The summed E-state index contributed by atoms with van der Waals surface area (Å²) < 4.78 is 24.1. The number of nitrogens with one attached hydrogen (secondary N) is 1. The van der Waals surface area contributed by atoms with E-state index in [4.69, 9.17) is 9.47 Å². The van der Waals surface area contributed by atoms with Gasteiger partial charge >= 0.3 is 6.03 Å².